The van der Waals surface area contributed by atoms with Gasteiger partial charge in [0.05, 0.1) is 25.3 Å². The lowest BCUT2D eigenvalue weighted by Crippen LogP contribution is -2.62. The van der Waals surface area contributed by atoms with Crippen molar-refractivity contribution in [1.29, 1.82) is 0 Å². The Morgan fingerprint density at radius 3 is 1.35 bits per heavy atom. The predicted molar refractivity (Wildman–Crippen MR) is 382 cm³/mol. The largest absolute Gasteiger partial charge is 0.508 e. The van der Waals surface area contributed by atoms with Crippen molar-refractivity contribution < 1.29 is 82.8 Å². The fraction of sp³-hybridized carbons (Fsp3) is 0.556. The molecule has 0 aliphatic carbocycles. The van der Waals surface area contributed by atoms with E-state index in [-0.39, 0.29) is 113 Å². The van der Waals surface area contributed by atoms with Gasteiger partial charge < -0.3 is 125 Å². The zero-order valence-corrected chi connectivity index (χ0v) is 59.2. The molecule has 574 valence electrons. The molecule has 0 saturated heterocycles. The average molecular weight is 1470 g/mol. The fourth-order valence-electron chi connectivity index (χ4n) is 9.40. The van der Waals surface area contributed by atoms with Crippen LogP contribution in [0.1, 0.15) is 103 Å². The number of nitrogens with two attached hydrogens (primary N) is 9. The number of guanidine groups is 3. The second kappa shape index (κ2) is 49.0. The molecule has 2 aromatic rings. The Bertz CT molecular complexity index is 3190. The molecule has 40 heteroatoms. The molecule has 0 fully saturated rings. The Kier molecular flexibility index (Phi) is 43.0. The number of carbonyl (C=O) groups excluding carboxylic acids is 12. The van der Waals surface area contributed by atoms with Crippen LogP contribution >= 0.6 is 11.8 Å². The van der Waals surface area contributed by atoms with E-state index in [1.54, 1.807) is 44.2 Å². The van der Waals surface area contributed by atoms with Crippen molar-refractivity contribution in [2.75, 3.05) is 44.8 Å². The number of carbonyl (C=O) groups is 13. The van der Waals surface area contributed by atoms with Crippen LogP contribution < -0.4 is 105 Å². The maximum atomic E-state index is 14.7. The number of nitrogens with one attached hydrogen (secondary N) is 10. The van der Waals surface area contributed by atoms with Crippen molar-refractivity contribution in [3.8, 4) is 5.75 Å². The topological polar surface area (TPSA) is 694 Å². The van der Waals surface area contributed by atoms with Gasteiger partial charge in [0, 0.05) is 45.8 Å². The number of hydrogen-bond acceptors (Lipinski definition) is 21. The highest BCUT2D eigenvalue weighted by atomic mass is 32.2. The van der Waals surface area contributed by atoms with Gasteiger partial charge in [-0.05, 0) is 106 Å². The highest BCUT2D eigenvalue weighted by Crippen LogP contribution is 2.15. The zero-order valence-electron chi connectivity index (χ0n) is 58.4. The van der Waals surface area contributed by atoms with Crippen molar-refractivity contribution in [2.45, 2.75) is 171 Å². The summed E-state index contributed by atoms with van der Waals surface area (Å²) in [6.07, 6.45) is -1.34. The van der Waals surface area contributed by atoms with Crippen LogP contribution in [0.4, 0.5) is 0 Å². The molecule has 0 spiro atoms. The van der Waals surface area contributed by atoms with Crippen molar-refractivity contribution in [3.05, 3.63) is 65.7 Å². The predicted octanol–water partition coefficient (Wildman–Crippen LogP) is -7.84. The number of aliphatic hydroxyl groups excluding tert-OH is 2. The molecule has 12 amide bonds. The van der Waals surface area contributed by atoms with Crippen LogP contribution in [0, 0.1) is 5.92 Å². The van der Waals surface area contributed by atoms with E-state index in [2.05, 4.69) is 68.1 Å². The van der Waals surface area contributed by atoms with Gasteiger partial charge in [-0.2, -0.15) is 11.8 Å². The molecule has 2 aromatic carbocycles. The number of aliphatic imine (C=N–C) groups is 3. The number of rotatable bonds is 47. The van der Waals surface area contributed by atoms with Gasteiger partial charge in [0.1, 0.15) is 60.1 Å². The lowest BCUT2D eigenvalue weighted by Gasteiger charge is -2.29. The van der Waals surface area contributed by atoms with E-state index < -0.39 is 169 Å². The summed E-state index contributed by atoms with van der Waals surface area (Å²) in [6, 6.07) is -1.18. The highest BCUT2D eigenvalue weighted by Gasteiger charge is 2.37. The summed E-state index contributed by atoms with van der Waals surface area (Å²) in [4.78, 5) is 185. The molecule has 0 heterocycles. The third-order valence-electron chi connectivity index (χ3n) is 14.6. The third-order valence-corrected chi connectivity index (χ3v) is 15.3. The molecule has 39 nitrogen and oxygen atoms in total. The molecule has 0 aliphatic heterocycles. The van der Waals surface area contributed by atoms with E-state index in [1.807, 2.05) is 6.26 Å². The summed E-state index contributed by atoms with van der Waals surface area (Å²) in [5, 5.41) is 63.5. The number of amides is 12. The summed E-state index contributed by atoms with van der Waals surface area (Å²) in [5.41, 5.74) is 50.7. The molecular weight excluding hydrogens is 1370 g/mol. The number of nitrogens with zero attached hydrogens (tertiary/aromatic N) is 3. The van der Waals surface area contributed by atoms with E-state index >= 15 is 0 Å². The molecule has 2 rings (SSSR count). The van der Waals surface area contributed by atoms with Gasteiger partial charge in [-0.1, -0.05) is 56.3 Å². The number of primary amides is 2. The Morgan fingerprint density at radius 2 is 0.893 bits per heavy atom. The number of carboxylic acids is 1. The van der Waals surface area contributed by atoms with Gasteiger partial charge in [0.15, 0.2) is 17.9 Å². The number of aliphatic carboxylic acids is 1. The average Bonchev–Trinajstić information content (AvgIpc) is 1.49. The normalized spacial score (nSPS) is 14.0. The number of aliphatic hydroxyl groups is 2. The van der Waals surface area contributed by atoms with E-state index in [0.717, 1.165) is 13.8 Å². The van der Waals surface area contributed by atoms with Gasteiger partial charge in [0.25, 0.3) is 5.97 Å². The van der Waals surface area contributed by atoms with Crippen LogP contribution in [-0.2, 0) is 75.2 Å². The standard InChI is InChI=1S/C61H100N22O15S.C2H4O2/c1-32(2)27-42(55(95)76-38(49(64)89)22-26-99-4)75-47(88)30-74-51(91)43(29-35-16-18-36(86)19-17-35)80-56(96)44(28-34-11-6-5-7-12-34)81-53(93)41(20-21-46(63)87)78-52(92)39(14-9-24-72-60(67)68)79-58(98)48(33(3)85)83-54(94)40(15-10-25-73-61(69)70)77-57(97)45(31-84)82-50(90)37(62)13-8-23-71-59(65)66;1-2(3)4/h5-7,11-12,16-19,32-33,37-45,48,84-86H,8-10,13-15,20-31,62H2,1-4H3,(H2,63,87)(H2,64,89)(H,74,91)(H,75,88)(H,76,95)(H,77,97)(H,78,92)(H,79,98)(H,80,96)(H,81,93)(H,82,90)(H,83,94)(H4,65,66,71)(H4,67,68,72)(H4,69,70,73);1H3,(H,3,4)/t33-,37+,38+,39+,40+,41+,42+,43+,44+,45+,48+;/m1./s1. The van der Waals surface area contributed by atoms with Crippen LogP contribution in [0.3, 0.4) is 0 Å². The summed E-state index contributed by atoms with van der Waals surface area (Å²) >= 11 is 1.43. The van der Waals surface area contributed by atoms with Gasteiger partial charge in [-0.3, -0.25) is 77.3 Å². The summed E-state index contributed by atoms with van der Waals surface area (Å²) in [5.74, 6) is -12.9. The van der Waals surface area contributed by atoms with Crippen molar-refractivity contribution in [2.24, 2.45) is 72.5 Å². The van der Waals surface area contributed by atoms with E-state index in [4.69, 9.17) is 61.5 Å². The Hall–Kier alpha value is -10.6. The Labute approximate surface area is 600 Å². The fourth-order valence-corrected chi connectivity index (χ4v) is 9.87. The minimum absolute atomic E-state index is 0.0194. The summed E-state index contributed by atoms with van der Waals surface area (Å²) in [6.45, 7) is 4.07. The minimum atomic E-state index is -1.91. The molecule has 0 aromatic heterocycles. The molecule has 0 saturated carbocycles. The zero-order chi connectivity index (χ0) is 77.9. The second-order valence-corrected chi connectivity index (χ2v) is 25.0. The lowest BCUT2D eigenvalue weighted by atomic mass is 10.0. The highest BCUT2D eigenvalue weighted by molar-refractivity contribution is 7.98. The third kappa shape index (κ3) is 39.3. The van der Waals surface area contributed by atoms with Crippen LogP contribution in [0.2, 0.25) is 0 Å². The first-order chi connectivity index (χ1) is 48.5. The van der Waals surface area contributed by atoms with E-state index in [1.165, 1.54) is 36.0 Å². The van der Waals surface area contributed by atoms with Crippen molar-refractivity contribution >= 4 is 106 Å². The molecule has 0 bridgehead atoms. The van der Waals surface area contributed by atoms with E-state index in [0.29, 0.717) is 16.9 Å². The molecule has 103 heavy (non-hydrogen) atoms. The first-order valence-corrected chi connectivity index (χ1v) is 34.2. The van der Waals surface area contributed by atoms with Crippen LogP contribution in [-0.4, -0.2) is 226 Å². The second-order valence-electron chi connectivity index (χ2n) is 24.0. The minimum Gasteiger partial charge on any atom is -0.508 e. The van der Waals surface area contributed by atoms with Gasteiger partial charge in [-0.15, -0.1) is 0 Å². The van der Waals surface area contributed by atoms with E-state index in [9.17, 15) is 72.9 Å². The maximum Gasteiger partial charge on any atom is 0.300 e. The number of hydrogen-bond donors (Lipinski definition) is 23. The molecule has 11 atom stereocenters. The smallest absolute Gasteiger partial charge is 0.300 e. The lowest BCUT2D eigenvalue weighted by molar-refractivity contribution is -0.137. The summed E-state index contributed by atoms with van der Waals surface area (Å²) in [7, 11) is 0. The van der Waals surface area contributed by atoms with Gasteiger partial charge >= 0.3 is 0 Å². The monoisotopic (exact) mass is 1470 g/mol. The molecule has 0 unspecified atom stereocenters. The summed E-state index contributed by atoms with van der Waals surface area (Å²) < 4.78 is 0. The van der Waals surface area contributed by atoms with Gasteiger partial charge in [-0.25, -0.2) is 0 Å². The first kappa shape index (κ1) is 90.4. The number of thioether (sulfide) groups is 1. The first-order valence-electron chi connectivity index (χ1n) is 32.8. The number of aromatic hydroxyl groups is 1. The van der Waals surface area contributed by atoms with Gasteiger partial charge in [0.2, 0.25) is 70.9 Å². The number of phenolic OH excluding ortho intramolecular Hbond substituents is 1. The molecule has 0 aliphatic rings. The van der Waals surface area contributed by atoms with Crippen LogP contribution in [0.25, 0.3) is 0 Å². The van der Waals surface area contributed by atoms with Crippen molar-refractivity contribution in [1.82, 2.24) is 53.2 Å². The van der Waals surface area contributed by atoms with Crippen molar-refractivity contribution in [3.63, 3.8) is 0 Å². The Balaban J connectivity index is 0.0000129. The molecular formula is C63H104N22O17S. The molecule has 0 radical (unpaired) electrons. The van der Waals surface area contributed by atoms with Crippen LogP contribution in [0.15, 0.2) is 69.6 Å². The number of benzene rings is 2. The SMILES string of the molecule is CC(=O)O.CSCC[C@H](NC(=O)[C@H](CC(C)C)NC(=O)CNC(=O)[C@H](Cc1ccc(O)cc1)NC(=O)[C@H](Cc1ccccc1)NC(=O)[C@H](CCC(N)=O)NC(=O)[C@H](CCCN=C(N)N)NC(=O)[C@@H](NC(=O)[C@H](CCCN=C(N)N)NC(=O)[C@H](CO)NC(=O)[C@@H](N)CCCN=C(N)N)[C@@H](C)O)C(N)=O. The Morgan fingerprint density at radius 1 is 0.485 bits per heavy atom. The number of phenols is 1. The van der Waals surface area contributed by atoms with Crippen LogP contribution in [0.5, 0.6) is 5.75 Å². The quantitative estimate of drug-likeness (QED) is 0.0166. The molecule has 32 N–H and O–H groups in total. The number of carboxylic acid groups (broad SMARTS) is 1. The maximum absolute atomic E-state index is 14.7.